The summed E-state index contributed by atoms with van der Waals surface area (Å²) in [4.78, 5) is 37.4. The van der Waals surface area contributed by atoms with Crippen LogP contribution in [0.3, 0.4) is 0 Å². The summed E-state index contributed by atoms with van der Waals surface area (Å²) in [6, 6.07) is 8.09. The SMILES string of the molecule is C=CCON1C(=O)CC(C(=O)OC)C12CCN(Cc1cccn1-c1cccnc1)CC2. The third-order valence-electron chi connectivity index (χ3n) is 6.33. The van der Waals surface area contributed by atoms with Gasteiger partial charge in [-0.1, -0.05) is 6.08 Å². The van der Waals surface area contributed by atoms with Crippen molar-refractivity contribution >= 4 is 11.9 Å². The normalized spacial score (nSPS) is 20.9. The summed E-state index contributed by atoms with van der Waals surface area (Å²) in [7, 11) is 1.37. The second-order valence-electron chi connectivity index (χ2n) is 8.01. The molecule has 1 atom stereocenters. The molecule has 2 aliphatic heterocycles. The van der Waals surface area contributed by atoms with Crippen LogP contribution in [0, 0.1) is 5.92 Å². The van der Waals surface area contributed by atoms with Crippen molar-refractivity contribution in [3.8, 4) is 5.69 Å². The number of likely N-dealkylation sites (tertiary alicyclic amines) is 1. The average molecular weight is 425 g/mol. The third-order valence-corrected chi connectivity index (χ3v) is 6.33. The second kappa shape index (κ2) is 9.03. The molecule has 2 aromatic rings. The summed E-state index contributed by atoms with van der Waals surface area (Å²) in [6.07, 6.45) is 8.64. The Hall–Kier alpha value is -2.97. The Balaban J connectivity index is 1.50. The number of pyridine rings is 1. The van der Waals surface area contributed by atoms with Gasteiger partial charge in [0.2, 0.25) is 5.91 Å². The number of ether oxygens (including phenoxy) is 1. The van der Waals surface area contributed by atoms with E-state index in [1.54, 1.807) is 12.3 Å². The zero-order chi connectivity index (χ0) is 21.8. The van der Waals surface area contributed by atoms with Gasteiger partial charge in [-0.3, -0.25) is 24.3 Å². The van der Waals surface area contributed by atoms with Crippen molar-refractivity contribution in [1.29, 1.82) is 0 Å². The molecule has 2 saturated heterocycles. The molecule has 1 unspecified atom stereocenters. The van der Waals surface area contributed by atoms with Gasteiger partial charge in [0.15, 0.2) is 0 Å². The number of nitrogens with zero attached hydrogens (tertiary/aromatic N) is 4. The number of methoxy groups -OCH3 is 1. The van der Waals surface area contributed by atoms with E-state index < -0.39 is 11.5 Å². The average Bonchev–Trinajstić information content (AvgIpc) is 3.36. The van der Waals surface area contributed by atoms with E-state index in [9.17, 15) is 9.59 Å². The zero-order valence-electron chi connectivity index (χ0n) is 17.8. The van der Waals surface area contributed by atoms with Gasteiger partial charge < -0.3 is 9.30 Å². The number of aromatic nitrogens is 2. The maximum Gasteiger partial charge on any atom is 0.311 e. The number of carbonyl (C=O) groups excluding carboxylic acids is 2. The smallest absolute Gasteiger partial charge is 0.311 e. The first kappa shape index (κ1) is 21.3. The molecule has 0 saturated carbocycles. The van der Waals surface area contributed by atoms with E-state index in [4.69, 9.17) is 9.57 Å². The molecule has 0 aromatic carbocycles. The molecule has 8 heteroatoms. The Bertz CT molecular complexity index is 934. The lowest BCUT2D eigenvalue weighted by molar-refractivity contribution is -0.218. The third kappa shape index (κ3) is 4.00. The molecule has 8 nitrogen and oxygen atoms in total. The molecule has 4 heterocycles. The fourth-order valence-corrected chi connectivity index (χ4v) is 4.78. The van der Waals surface area contributed by atoms with Crippen LogP contribution in [0.2, 0.25) is 0 Å². The second-order valence-corrected chi connectivity index (χ2v) is 8.01. The maximum absolute atomic E-state index is 12.7. The lowest BCUT2D eigenvalue weighted by atomic mass is 9.77. The molecule has 2 aromatic heterocycles. The lowest BCUT2D eigenvalue weighted by Gasteiger charge is -2.45. The van der Waals surface area contributed by atoms with Crippen LogP contribution in [0.5, 0.6) is 0 Å². The highest BCUT2D eigenvalue weighted by Gasteiger charge is 2.58. The van der Waals surface area contributed by atoms with Crippen LogP contribution < -0.4 is 0 Å². The first-order valence-electron chi connectivity index (χ1n) is 10.5. The minimum absolute atomic E-state index is 0.119. The van der Waals surface area contributed by atoms with Crippen LogP contribution in [0.4, 0.5) is 0 Å². The molecule has 2 fully saturated rings. The largest absolute Gasteiger partial charge is 0.469 e. The van der Waals surface area contributed by atoms with Gasteiger partial charge in [0.1, 0.15) is 0 Å². The predicted molar refractivity (Wildman–Crippen MR) is 114 cm³/mol. The number of amides is 1. The van der Waals surface area contributed by atoms with Crippen LogP contribution in [-0.2, 0) is 25.7 Å². The van der Waals surface area contributed by atoms with Crippen LogP contribution in [-0.4, -0.2) is 63.7 Å². The predicted octanol–water partition coefficient (Wildman–Crippen LogP) is 2.35. The molecule has 0 aliphatic carbocycles. The Morgan fingerprint density at radius 3 is 2.81 bits per heavy atom. The molecular formula is C23H28N4O4. The first-order valence-corrected chi connectivity index (χ1v) is 10.5. The van der Waals surface area contributed by atoms with E-state index in [-0.39, 0.29) is 24.9 Å². The molecule has 4 rings (SSSR count). The number of rotatable bonds is 7. The number of hydrogen-bond acceptors (Lipinski definition) is 6. The van der Waals surface area contributed by atoms with Crippen molar-refractivity contribution in [3.05, 3.63) is 61.2 Å². The lowest BCUT2D eigenvalue weighted by Crippen LogP contribution is -2.57. The van der Waals surface area contributed by atoms with E-state index in [1.807, 2.05) is 30.6 Å². The molecular weight excluding hydrogens is 396 g/mol. The number of hydrogen-bond donors (Lipinski definition) is 0. The van der Waals surface area contributed by atoms with Gasteiger partial charge in [0.25, 0.3) is 0 Å². The highest BCUT2D eigenvalue weighted by Crippen LogP contribution is 2.44. The topological polar surface area (TPSA) is 76.9 Å². The molecule has 31 heavy (non-hydrogen) atoms. The van der Waals surface area contributed by atoms with Crippen molar-refractivity contribution in [2.24, 2.45) is 5.92 Å². The van der Waals surface area contributed by atoms with Crippen molar-refractivity contribution in [3.63, 3.8) is 0 Å². The molecule has 0 N–H and O–H groups in total. The van der Waals surface area contributed by atoms with Crippen LogP contribution in [0.25, 0.3) is 5.69 Å². The highest BCUT2D eigenvalue weighted by molar-refractivity contribution is 5.88. The summed E-state index contributed by atoms with van der Waals surface area (Å²) in [6.45, 7) is 6.15. The Morgan fingerprint density at radius 1 is 1.32 bits per heavy atom. The number of esters is 1. The summed E-state index contributed by atoms with van der Waals surface area (Å²) in [5.74, 6) is -1.04. The molecule has 1 amide bonds. The van der Waals surface area contributed by atoms with Crippen molar-refractivity contribution in [1.82, 2.24) is 19.5 Å². The van der Waals surface area contributed by atoms with E-state index >= 15 is 0 Å². The highest BCUT2D eigenvalue weighted by atomic mass is 16.7. The Labute approximate surface area is 182 Å². The molecule has 164 valence electrons. The van der Waals surface area contributed by atoms with E-state index in [0.29, 0.717) is 12.8 Å². The summed E-state index contributed by atoms with van der Waals surface area (Å²) in [5.41, 5.74) is 1.51. The molecule has 0 radical (unpaired) electrons. The van der Waals surface area contributed by atoms with Gasteiger partial charge in [-0.15, -0.1) is 6.58 Å². The van der Waals surface area contributed by atoms with Gasteiger partial charge in [0, 0.05) is 44.1 Å². The number of hydroxylamine groups is 2. The van der Waals surface area contributed by atoms with E-state index in [2.05, 4.69) is 27.1 Å². The van der Waals surface area contributed by atoms with Crippen LogP contribution >= 0.6 is 0 Å². The Kier molecular flexibility index (Phi) is 6.20. The maximum atomic E-state index is 12.7. The zero-order valence-corrected chi connectivity index (χ0v) is 17.8. The number of carbonyl (C=O) groups is 2. The van der Waals surface area contributed by atoms with Gasteiger partial charge in [0.05, 0.1) is 37.1 Å². The first-order chi connectivity index (χ1) is 15.1. The van der Waals surface area contributed by atoms with Crippen molar-refractivity contribution in [2.75, 3.05) is 26.8 Å². The molecule has 1 spiro atoms. The summed E-state index contributed by atoms with van der Waals surface area (Å²) in [5, 5.41) is 1.44. The fraction of sp³-hybridized carbons (Fsp3) is 0.435. The Morgan fingerprint density at radius 2 is 2.13 bits per heavy atom. The molecule has 0 bridgehead atoms. The minimum Gasteiger partial charge on any atom is -0.469 e. The monoisotopic (exact) mass is 424 g/mol. The van der Waals surface area contributed by atoms with Gasteiger partial charge in [-0.2, -0.15) is 0 Å². The quantitative estimate of drug-likeness (QED) is 0.502. The summed E-state index contributed by atoms with van der Waals surface area (Å²) >= 11 is 0. The standard InChI is InChI=1S/C23H28N4O4/c1-3-14-31-27-21(28)15-20(22(29)30-2)23(27)8-12-25(13-9-23)17-19-7-5-11-26(19)18-6-4-10-24-16-18/h3-7,10-11,16,20H,1,8-9,12-15,17H2,2H3. The van der Waals surface area contributed by atoms with Crippen molar-refractivity contribution in [2.45, 2.75) is 31.3 Å². The summed E-state index contributed by atoms with van der Waals surface area (Å²) < 4.78 is 7.16. The van der Waals surface area contributed by atoms with E-state index in [1.165, 1.54) is 12.2 Å². The minimum atomic E-state index is -0.672. The van der Waals surface area contributed by atoms with Crippen LogP contribution in [0.1, 0.15) is 25.0 Å². The number of piperidine rings is 1. The fourth-order valence-electron chi connectivity index (χ4n) is 4.78. The van der Waals surface area contributed by atoms with Gasteiger partial charge in [-0.25, -0.2) is 5.06 Å². The van der Waals surface area contributed by atoms with E-state index in [0.717, 1.165) is 31.0 Å². The van der Waals surface area contributed by atoms with Crippen LogP contribution in [0.15, 0.2) is 55.5 Å². The molecule has 2 aliphatic rings. The van der Waals surface area contributed by atoms with Gasteiger partial charge in [-0.05, 0) is 37.1 Å². The van der Waals surface area contributed by atoms with Crippen molar-refractivity contribution < 1.29 is 19.2 Å². The van der Waals surface area contributed by atoms with Gasteiger partial charge >= 0.3 is 5.97 Å².